The minimum atomic E-state index is -0.376. The summed E-state index contributed by atoms with van der Waals surface area (Å²) in [5.74, 6) is 0.577. The smallest absolute Gasteiger partial charge is 0.320 e. The summed E-state index contributed by atoms with van der Waals surface area (Å²) in [6, 6.07) is 19.7. The number of esters is 1. The lowest BCUT2D eigenvalue weighted by molar-refractivity contribution is -0.143. The third kappa shape index (κ3) is 5.70. The van der Waals surface area contributed by atoms with E-state index in [4.69, 9.17) is 10.5 Å². The van der Waals surface area contributed by atoms with Crippen LogP contribution in [-0.2, 0) is 16.1 Å². The van der Waals surface area contributed by atoms with Gasteiger partial charge in [-0.3, -0.25) is 4.79 Å². The van der Waals surface area contributed by atoms with Crippen molar-refractivity contribution in [2.45, 2.75) is 13.5 Å². The molecule has 1 aromatic heterocycles. The number of H-pyrrole nitrogens is 1. The van der Waals surface area contributed by atoms with E-state index in [0.29, 0.717) is 6.61 Å². The molecule has 5 nitrogen and oxygen atoms in total. The summed E-state index contributed by atoms with van der Waals surface area (Å²) >= 11 is 0. The number of hydrogen-bond donors (Lipinski definition) is 2. The summed E-state index contributed by atoms with van der Waals surface area (Å²) in [7, 11) is 0. The molecule has 0 atom stereocenters. The first kappa shape index (κ1) is 17.4. The van der Waals surface area contributed by atoms with Crippen LogP contribution in [0.2, 0.25) is 0 Å². The fraction of sp³-hybridized carbons (Fsp3) is 0.158. The zero-order valence-corrected chi connectivity index (χ0v) is 13.6. The molecule has 24 heavy (non-hydrogen) atoms. The standard InChI is InChI=1S/C10H10N2.C9H11NO2/c1-8-11-7-10(12-8)9-5-3-2-4-6-9;10-6-9(11)12-7-8-4-2-1-3-5-8/h2-7H,1H3,(H,11,12);1-5H,6-7,10H2. The number of aromatic amines is 1. The number of rotatable bonds is 4. The van der Waals surface area contributed by atoms with Crippen LogP contribution >= 0.6 is 0 Å². The molecule has 0 aliphatic heterocycles. The third-order valence-electron chi connectivity index (χ3n) is 3.20. The molecular formula is C19H21N3O2. The number of carbonyl (C=O) groups excluding carboxylic acids is 1. The van der Waals surface area contributed by atoms with Gasteiger partial charge in [-0.15, -0.1) is 0 Å². The van der Waals surface area contributed by atoms with Crippen molar-refractivity contribution in [1.29, 1.82) is 0 Å². The highest BCUT2D eigenvalue weighted by atomic mass is 16.5. The van der Waals surface area contributed by atoms with E-state index in [9.17, 15) is 4.79 Å². The molecule has 0 saturated carbocycles. The van der Waals surface area contributed by atoms with Crippen LogP contribution < -0.4 is 5.73 Å². The summed E-state index contributed by atoms with van der Waals surface area (Å²) < 4.78 is 4.81. The first-order valence-corrected chi connectivity index (χ1v) is 7.65. The Balaban J connectivity index is 0.000000174. The Morgan fingerprint density at radius 3 is 2.25 bits per heavy atom. The molecule has 5 heteroatoms. The van der Waals surface area contributed by atoms with Crippen LogP contribution in [0.3, 0.4) is 0 Å². The molecule has 0 bridgehead atoms. The normalized spacial score (nSPS) is 9.75. The number of aryl methyl sites for hydroxylation is 1. The highest BCUT2D eigenvalue weighted by Gasteiger charge is 1.98. The molecule has 2 aromatic carbocycles. The predicted molar refractivity (Wildman–Crippen MR) is 94.1 cm³/mol. The van der Waals surface area contributed by atoms with Crippen molar-refractivity contribution in [1.82, 2.24) is 9.97 Å². The van der Waals surface area contributed by atoms with Gasteiger partial charge in [-0.25, -0.2) is 4.98 Å². The van der Waals surface area contributed by atoms with Crippen LogP contribution in [0.25, 0.3) is 11.3 Å². The Kier molecular flexibility index (Phi) is 6.73. The van der Waals surface area contributed by atoms with Crippen molar-refractivity contribution in [3.63, 3.8) is 0 Å². The zero-order chi connectivity index (χ0) is 17.2. The number of hydrogen-bond acceptors (Lipinski definition) is 4. The lowest BCUT2D eigenvalue weighted by Crippen LogP contribution is -2.16. The van der Waals surface area contributed by atoms with Gasteiger partial charge in [0.1, 0.15) is 12.4 Å². The maximum absolute atomic E-state index is 10.6. The van der Waals surface area contributed by atoms with Crippen LogP contribution in [0.15, 0.2) is 66.9 Å². The number of carbonyl (C=O) groups is 1. The lowest BCUT2D eigenvalue weighted by atomic mass is 10.2. The van der Waals surface area contributed by atoms with E-state index in [1.165, 1.54) is 5.56 Å². The summed E-state index contributed by atoms with van der Waals surface area (Å²) in [5.41, 5.74) is 8.29. The topological polar surface area (TPSA) is 81.0 Å². The summed E-state index contributed by atoms with van der Waals surface area (Å²) in [6.45, 7) is 2.19. The van der Waals surface area contributed by atoms with Gasteiger partial charge in [0.25, 0.3) is 0 Å². The quantitative estimate of drug-likeness (QED) is 0.723. The second-order valence-corrected chi connectivity index (χ2v) is 5.10. The van der Waals surface area contributed by atoms with Crippen LogP contribution in [0.4, 0.5) is 0 Å². The first-order chi connectivity index (χ1) is 11.7. The largest absolute Gasteiger partial charge is 0.460 e. The summed E-state index contributed by atoms with van der Waals surface area (Å²) in [6.07, 6.45) is 1.85. The average Bonchev–Trinajstić information content (AvgIpc) is 3.08. The van der Waals surface area contributed by atoms with Gasteiger partial charge in [0, 0.05) is 0 Å². The van der Waals surface area contributed by atoms with Crippen LogP contribution in [0.5, 0.6) is 0 Å². The Hall–Kier alpha value is -2.92. The number of nitrogens with two attached hydrogens (primary N) is 1. The third-order valence-corrected chi connectivity index (χ3v) is 3.20. The molecule has 0 aliphatic rings. The molecule has 3 N–H and O–H groups in total. The van der Waals surface area contributed by atoms with Crippen molar-refractivity contribution < 1.29 is 9.53 Å². The van der Waals surface area contributed by atoms with Crippen LogP contribution in [0.1, 0.15) is 11.4 Å². The Morgan fingerprint density at radius 2 is 1.71 bits per heavy atom. The maximum Gasteiger partial charge on any atom is 0.320 e. The van der Waals surface area contributed by atoms with Crippen molar-refractivity contribution in [2.24, 2.45) is 5.73 Å². The number of imidazole rings is 1. The van der Waals surface area contributed by atoms with Gasteiger partial charge in [-0.2, -0.15) is 0 Å². The summed E-state index contributed by atoms with van der Waals surface area (Å²) in [5, 5.41) is 0. The second kappa shape index (κ2) is 9.27. The molecule has 3 aromatic rings. The van der Waals surface area contributed by atoms with Crippen molar-refractivity contribution >= 4 is 5.97 Å². The molecule has 0 unspecified atom stereocenters. The van der Waals surface area contributed by atoms with E-state index in [0.717, 1.165) is 17.1 Å². The maximum atomic E-state index is 10.6. The molecule has 0 spiro atoms. The van der Waals surface area contributed by atoms with Gasteiger partial charge in [-0.05, 0) is 18.1 Å². The van der Waals surface area contributed by atoms with Crippen LogP contribution in [0, 0.1) is 6.92 Å². The molecule has 0 amide bonds. The Bertz CT molecular complexity index is 740. The number of ether oxygens (including phenoxy) is 1. The van der Waals surface area contributed by atoms with E-state index in [1.54, 1.807) is 0 Å². The van der Waals surface area contributed by atoms with Gasteiger partial charge in [0.2, 0.25) is 0 Å². The molecule has 124 valence electrons. The predicted octanol–water partition coefficient (Wildman–Crippen LogP) is 3.07. The van der Waals surface area contributed by atoms with E-state index in [1.807, 2.05) is 61.7 Å². The molecule has 0 fully saturated rings. The van der Waals surface area contributed by atoms with Gasteiger partial charge >= 0.3 is 5.97 Å². The molecule has 0 saturated heterocycles. The average molecular weight is 323 g/mol. The van der Waals surface area contributed by atoms with Gasteiger partial charge in [0.05, 0.1) is 18.4 Å². The van der Waals surface area contributed by atoms with Gasteiger partial charge < -0.3 is 15.5 Å². The zero-order valence-electron chi connectivity index (χ0n) is 13.6. The highest BCUT2D eigenvalue weighted by Crippen LogP contribution is 2.15. The number of aromatic nitrogens is 2. The number of nitrogens with zero attached hydrogens (tertiary/aromatic N) is 1. The molecule has 0 aliphatic carbocycles. The molecule has 0 radical (unpaired) electrons. The molecular weight excluding hydrogens is 302 g/mol. The van der Waals surface area contributed by atoms with E-state index in [2.05, 4.69) is 22.1 Å². The second-order valence-electron chi connectivity index (χ2n) is 5.10. The fourth-order valence-electron chi connectivity index (χ4n) is 1.98. The molecule has 3 rings (SSSR count). The Morgan fingerprint density at radius 1 is 1.08 bits per heavy atom. The van der Waals surface area contributed by atoms with Gasteiger partial charge in [0.15, 0.2) is 0 Å². The van der Waals surface area contributed by atoms with Crippen molar-refractivity contribution in [2.75, 3.05) is 6.54 Å². The van der Waals surface area contributed by atoms with E-state index >= 15 is 0 Å². The monoisotopic (exact) mass is 323 g/mol. The van der Waals surface area contributed by atoms with Crippen molar-refractivity contribution in [3.05, 3.63) is 78.2 Å². The minimum Gasteiger partial charge on any atom is -0.460 e. The van der Waals surface area contributed by atoms with Gasteiger partial charge in [-0.1, -0.05) is 60.7 Å². The first-order valence-electron chi connectivity index (χ1n) is 7.65. The number of benzene rings is 2. The Labute approximate surface area is 141 Å². The summed E-state index contributed by atoms with van der Waals surface area (Å²) in [4.78, 5) is 18.0. The van der Waals surface area contributed by atoms with E-state index < -0.39 is 0 Å². The van der Waals surface area contributed by atoms with Crippen molar-refractivity contribution in [3.8, 4) is 11.3 Å². The SMILES string of the molecule is Cc1ncc(-c2ccccc2)[nH]1.NCC(=O)OCc1ccccc1. The lowest BCUT2D eigenvalue weighted by Gasteiger charge is -2.01. The highest BCUT2D eigenvalue weighted by molar-refractivity contribution is 5.71. The molecule has 1 heterocycles. The minimum absolute atomic E-state index is 0.0627. The van der Waals surface area contributed by atoms with E-state index in [-0.39, 0.29) is 12.5 Å². The number of nitrogens with one attached hydrogen (secondary N) is 1. The fourth-order valence-corrected chi connectivity index (χ4v) is 1.98. The van der Waals surface area contributed by atoms with Crippen LogP contribution in [-0.4, -0.2) is 22.5 Å².